The molecule has 2 bridgehead atoms. The highest BCUT2D eigenvalue weighted by molar-refractivity contribution is 5.33. The van der Waals surface area contributed by atoms with E-state index >= 15 is 0 Å². The molecule has 0 aromatic heterocycles. The van der Waals surface area contributed by atoms with E-state index in [0.29, 0.717) is 13.0 Å². The zero-order chi connectivity index (χ0) is 13.7. The number of allylic oxidation sites excluding steroid dienone is 1. The Bertz CT molecular complexity index is 483. The van der Waals surface area contributed by atoms with Crippen LogP contribution in [0.1, 0.15) is 40.0 Å². The van der Waals surface area contributed by atoms with E-state index in [9.17, 15) is 10.2 Å². The first-order valence-corrected chi connectivity index (χ1v) is 7.19. The van der Waals surface area contributed by atoms with Gasteiger partial charge in [0.2, 0.25) is 5.79 Å². The van der Waals surface area contributed by atoms with E-state index in [4.69, 9.17) is 9.47 Å². The minimum absolute atomic E-state index is 0.0906. The van der Waals surface area contributed by atoms with Gasteiger partial charge in [0.05, 0.1) is 12.7 Å². The molecule has 4 nitrogen and oxygen atoms in total. The number of epoxide rings is 1. The first-order valence-electron chi connectivity index (χ1n) is 7.19. The van der Waals surface area contributed by atoms with Crippen LogP contribution in [-0.2, 0) is 9.47 Å². The normalized spacial score (nSPS) is 62.9. The summed E-state index contributed by atoms with van der Waals surface area (Å²) in [4.78, 5) is 0. The number of hydrogen-bond donors (Lipinski definition) is 2. The van der Waals surface area contributed by atoms with Crippen molar-refractivity contribution in [3.8, 4) is 0 Å². The molecule has 2 aliphatic heterocycles. The average molecular weight is 266 g/mol. The van der Waals surface area contributed by atoms with Crippen LogP contribution in [0.3, 0.4) is 0 Å². The molecule has 0 radical (unpaired) electrons. The number of fused-ring (bicyclic) bond motifs is 2. The third-order valence-electron chi connectivity index (χ3n) is 6.63. The van der Waals surface area contributed by atoms with Crippen LogP contribution in [0.5, 0.6) is 0 Å². The number of aliphatic hydroxyl groups excluding tert-OH is 1. The molecule has 4 heteroatoms. The standard InChI is InChI=1S/C15H22O4/c1-9-4-5-12(2)11(6-9)19-15(17)10(16)7-13(12,3)14(15)8-18-14/h6,10-11,16-17H,4-5,7-8H2,1-3H3/t10?,11-,12+,13-,14-,15-/m1/s1. The smallest absolute Gasteiger partial charge is 0.225 e. The fourth-order valence-electron chi connectivity index (χ4n) is 4.89. The first-order chi connectivity index (χ1) is 8.79. The van der Waals surface area contributed by atoms with E-state index in [-0.39, 0.29) is 16.9 Å². The van der Waals surface area contributed by atoms with Crippen molar-refractivity contribution < 1.29 is 19.7 Å². The van der Waals surface area contributed by atoms with E-state index in [1.807, 2.05) is 0 Å². The van der Waals surface area contributed by atoms with Gasteiger partial charge >= 0.3 is 0 Å². The zero-order valence-electron chi connectivity index (χ0n) is 11.8. The topological polar surface area (TPSA) is 62.2 Å². The monoisotopic (exact) mass is 266 g/mol. The molecule has 19 heavy (non-hydrogen) atoms. The minimum atomic E-state index is -1.54. The van der Waals surface area contributed by atoms with E-state index in [0.717, 1.165) is 12.8 Å². The molecular formula is C15H22O4. The molecule has 2 saturated heterocycles. The number of hydrogen-bond acceptors (Lipinski definition) is 4. The van der Waals surface area contributed by atoms with E-state index < -0.39 is 17.5 Å². The van der Waals surface area contributed by atoms with Gasteiger partial charge in [-0.3, -0.25) is 0 Å². The van der Waals surface area contributed by atoms with Gasteiger partial charge in [0.1, 0.15) is 6.10 Å². The summed E-state index contributed by atoms with van der Waals surface area (Å²) in [5.41, 5.74) is 0.265. The third-order valence-corrected chi connectivity index (χ3v) is 6.63. The molecule has 0 aromatic rings. The summed E-state index contributed by atoms with van der Waals surface area (Å²) < 4.78 is 11.7. The van der Waals surface area contributed by atoms with Crippen LogP contribution < -0.4 is 0 Å². The predicted molar refractivity (Wildman–Crippen MR) is 68.3 cm³/mol. The molecule has 2 N–H and O–H groups in total. The maximum Gasteiger partial charge on any atom is 0.225 e. The van der Waals surface area contributed by atoms with Gasteiger partial charge in [-0.05, 0) is 26.2 Å². The molecule has 1 saturated carbocycles. The number of ether oxygens (including phenoxy) is 2. The molecule has 1 spiro atoms. The Morgan fingerprint density at radius 2 is 2.05 bits per heavy atom. The molecule has 2 aliphatic carbocycles. The van der Waals surface area contributed by atoms with Gasteiger partial charge in [0.25, 0.3) is 0 Å². The van der Waals surface area contributed by atoms with Gasteiger partial charge in [-0.2, -0.15) is 0 Å². The van der Waals surface area contributed by atoms with Crippen molar-refractivity contribution in [1.29, 1.82) is 0 Å². The molecule has 2 heterocycles. The highest BCUT2D eigenvalue weighted by Gasteiger charge is 2.86. The minimum Gasteiger partial charge on any atom is -0.387 e. The van der Waals surface area contributed by atoms with Crippen molar-refractivity contribution >= 4 is 0 Å². The van der Waals surface area contributed by atoms with E-state index in [1.54, 1.807) is 0 Å². The summed E-state index contributed by atoms with van der Waals surface area (Å²) in [6.07, 6.45) is 3.74. The van der Waals surface area contributed by atoms with Crippen molar-refractivity contribution in [1.82, 2.24) is 0 Å². The Hall–Kier alpha value is -0.420. The van der Waals surface area contributed by atoms with Crippen molar-refractivity contribution in [3.63, 3.8) is 0 Å². The molecule has 6 atom stereocenters. The highest BCUT2D eigenvalue weighted by Crippen LogP contribution is 2.74. The molecule has 4 rings (SSSR count). The van der Waals surface area contributed by atoms with Crippen molar-refractivity contribution in [2.75, 3.05) is 6.61 Å². The maximum absolute atomic E-state index is 10.9. The van der Waals surface area contributed by atoms with Crippen molar-refractivity contribution in [3.05, 3.63) is 11.6 Å². The zero-order valence-corrected chi connectivity index (χ0v) is 11.8. The quantitative estimate of drug-likeness (QED) is 0.513. The Morgan fingerprint density at radius 3 is 2.68 bits per heavy atom. The maximum atomic E-state index is 10.9. The molecular weight excluding hydrogens is 244 g/mol. The summed E-state index contributed by atoms with van der Waals surface area (Å²) in [6.45, 7) is 6.97. The van der Waals surface area contributed by atoms with Crippen LogP contribution in [0.2, 0.25) is 0 Å². The van der Waals surface area contributed by atoms with Crippen molar-refractivity contribution in [2.24, 2.45) is 10.8 Å². The molecule has 4 aliphatic rings. The molecule has 3 fully saturated rings. The lowest BCUT2D eigenvalue weighted by molar-refractivity contribution is -0.338. The van der Waals surface area contributed by atoms with Gasteiger partial charge in [0, 0.05) is 10.8 Å². The van der Waals surface area contributed by atoms with Gasteiger partial charge in [-0.1, -0.05) is 25.5 Å². The van der Waals surface area contributed by atoms with Gasteiger partial charge in [-0.25, -0.2) is 0 Å². The Balaban J connectivity index is 1.91. The molecule has 1 unspecified atom stereocenters. The van der Waals surface area contributed by atoms with Crippen LogP contribution in [0.25, 0.3) is 0 Å². The highest BCUT2D eigenvalue weighted by atomic mass is 16.7. The summed E-state index contributed by atoms with van der Waals surface area (Å²) in [5, 5.41) is 21.2. The van der Waals surface area contributed by atoms with Gasteiger partial charge < -0.3 is 19.7 Å². The van der Waals surface area contributed by atoms with Crippen LogP contribution in [0, 0.1) is 10.8 Å². The second-order valence-electron chi connectivity index (χ2n) is 7.33. The Labute approximate surface area is 113 Å². The van der Waals surface area contributed by atoms with Gasteiger partial charge in [0.15, 0.2) is 5.60 Å². The lowest BCUT2D eigenvalue weighted by Gasteiger charge is -2.58. The number of aliphatic hydroxyl groups is 2. The first kappa shape index (κ1) is 12.3. The number of rotatable bonds is 0. The van der Waals surface area contributed by atoms with Crippen molar-refractivity contribution in [2.45, 2.75) is 63.6 Å². The van der Waals surface area contributed by atoms with Crippen LogP contribution in [-0.4, -0.2) is 40.4 Å². The summed E-state index contributed by atoms with van der Waals surface area (Å²) >= 11 is 0. The molecule has 106 valence electrons. The van der Waals surface area contributed by atoms with Crippen LogP contribution in [0.15, 0.2) is 11.6 Å². The summed E-state index contributed by atoms with van der Waals surface area (Å²) in [7, 11) is 0. The third kappa shape index (κ3) is 1.06. The second kappa shape index (κ2) is 3.08. The largest absolute Gasteiger partial charge is 0.387 e. The van der Waals surface area contributed by atoms with Crippen LogP contribution in [0.4, 0.5) is 0 Å². The fourth-order valence-corrected chi connectivity index (χ4v) is 4.89. The lowest BCUT2D eigenvalue weighted by Crippen LogP contribution is -2.67. The SMILES string of the molecule is CC1=C[C@H]2O[C@]3(O)C(O)C[C@@](C)([C@]34CO4)[C@@]2(C)CC1. The predicted octanol–water partition coefficient (Wildman–Crippen LogP) is 1.36. The second-order valence-corrected chi connectivity index (χ2v) is 7.33. The fraction of sp³-hybridized carbons (Fsp3) is 0.867. The van der Waals surface area contributed by atoms with Gasteiger partial charge in [-0.15, -0.1) is 0 Å². The molecule has 0 amide bonds. The average Bonchev–Trinajstić information content (AvgIpc) is 3.11. The Kier molecular flexibility index (Phi) is 2.00. The Morgan fingerprint density at radius 1 is 1.37 bits per heavy atom. The van der Waals surface area contributed by atoms with Crippen LogP contribution >= 0.6 is 0 Å². The van der Waals surface area contributed by atoms with E-state index in [2.05, 4.69) is 26.8 Å². The lowest BCUT2D eigenvalue weighted by atomic mass is 9.52. The summed E-state index contributed by atoms with van der Waals surface area (Å²) in [5.74, 6) is -1.54. The summed E-state index contributed by atoms with van der Waals surface area (Å²) in [6, 6.07) is 0. The molecule has 0 aromatic carbocycles. The van der Waals surface area contributed by atoms with E-state index in [1.165, 1.54) is 5.57 Å².